The monoisotopic (exact) mass is 305 g/mol. The van der Waals surface area contributed by atoms with Crippen molar-refractivity contribution in [2.24, 2.45) is 0 Å². The van der Waals surface area contributed by atoms with Gasteiger partial charge in [-0.15, -0.1) is 0 Å². The minimum Gasteiger partial charge on any atom is -0.366 e. The highest BCUT2D eigenvalue weighted by molar-refractivity contribution is 5.96. The van der Waals surface area contributed by atoms with Gasteiger partial charge < -0.3 is 14.2 Å². The molecular formula is C14H19N5O3. The normalized spacial score (nSPS) is 18.7. The Morgan fingerprint density at radius 1 is 1.45 bits per heavy atom. The first kappa shape index (κ1) is 14.7. The number of nitrogens with zero attached hydrogens (tertiary/aromatic N) is 4. The first-order valence-electron chi connectivity index (χ1n) is 7.35. The maximum absolute atomic E-state index is 12.7. The fraction of sp³-hybridized carbons (Fsp3) is 0.571. The number of H-pyrrole nitrogens is 1. The second-order valence-electron chi connectivity index (χ2n) is 5.30. The Morgan fingerprint density at radius 3 is 2.91 bits per heavy atom. The summed E-state index contributed by atoms with van der Waals surface area (Å²) in [5, 5.41) is 10.9. The van der Waals surface area contributed by atoms with Crippen molar-refractivity contribution in [1.29, 1.82) is 0 Å². The fourth-order valence-electron chi connectivity index (χ4n) is 2.55. The molecule has 1 saturated heterocycles. The van der Waals surface area contributed by atoms with Gasteiger partial charge in [-0.25, -0.2) is 4.98 Å². The third-order valence-electron chi connectivity index (χ3n) is 3.77. The van der Waals surface area contributed by atoms with Crippen molar-refractivity contribution < 1.29 is 14.1 Å². The van der Waals surface area contributed by atoms with Crippen molar-refractivity contribution in [2.45, 2.75) is 33.3 Å². The maximum atomic E-state index is 12.7. The average Bonchev–Trinajstić information content (AvgIpc) is 3.14. The molecule has 1 atom stereocenters. The van der Waals surface area contributed by atoms with E-state index in [0.29, 0.717) is 42.5 Å². The Bertz CT molecular complexity index is 658. The first-order chi connectivity index (χ1) is 10.6. The number of aromatic nitrogens is 4. The summed E-state index contributed by atoms with van der Waals surface area (Å²) in [6, 6.07) is 0. The number of carbonyl (C=O) groups is 1. The molecule has 2 aromatic heterocycles. The predicted octanol–water partition coefficient (Wildman–Crippen LogP) is 1.19. The van der Waals surface area contributed by atoms with E-state index < -0.39 is 0 Å². The zero-order valence-corrected chi connectivity index (χ0v) is 12.9. The number of hydrogen-bond donors (Lipinski definition) is 1. The van der Waals surface area contributed by atoms with E-state index in [4.69, 9.17) is 9.26 Å². The number of ether oxygens (including phenoxy) is 1. The van der Waals surface area contributed by atoms with Crippen molar-refractivity contribution in [1.82, 2.24) is 25.2 Å². The van der Waals surface area contributed by atoms with Crippen LogP contribution in [0.1, 0.15) is 46.5 Å². The van der Waals surface area contributed by atoms with Crippen molar-refractivity contribution in [3.63, 3.8) is 0 Å². The van der Waals surface area contributed by atoms with Gasteiger partial charge in [0.1, 0.15) is 23.3 Å². The molecule has 3 rings (SSSR count). The maximum Gasteiger partial charge on any atom is 0.259 e. The molecule has 0 aromatic carbocycles. The topological polar surface area (TPSA) is 97.1 Å². The molecule has 0 radical (unpaired) electrons. The molecule has 1 aliphatic heterocycles. The highest BCUT2D eigenvalue weighted by atomic mass is 16.5. The van der Waals surface area contributed by atoms with Crippen LogP contribution in [0.3, 0.4) is 0 Å². The van der Waals surface area contributed by atoms with Gasteiger partial charge in [0.25, 0.3) is 5.91 Å². The Labute approximate surface area is 127 Å². The average molecular weight is 305 g/mol. The molecule has 1 amide bonds. The van der Waals surface area contributed by atoms with Gasteiger partial charge in [0.2, 0.25) is 0 Å². The summed E-state index contributed by atoms with van der Waals surface area (Å²) in [5.41, 5.74) is 1.14. The number of nitrogens with one attached hydrogen (secondary N) is 1. The van der Waals surface area contributed by atoms with E-state index >= 15 is 0 Å². The van der Waals surface area contributed by atoms with Crippen LogP contribution in [0.4, 0.5) is 0 Å². The largest absolute Gasteiger partial charge is 0.366 e. The number of aryl methyl sites for hydroxylation is 3. The van der Waals surface area contributed by atoms with Gasteiger partial charge in [0.05, 0.1) is 18.8 Å². The van der Waals surface area contributed by atoms with E-state index in [1.807, 2.05) is 6.92 Å². The second-order valence-corrected chi connectivity index (χ2v) is 5.30. The van der Waals surface area contributed by atoms with Crippen LogP contribution in [0.5, 0.6) is 0 Å². The van der Waals surface area contributed by atoms with Crippen LogP contribution < -0.4 is 0 Å². The first-order valence-corrected chi connectivity index (χ1v) is 7.35. The summed E-state index contributed by atoms with van der Waals surface area (Å²) in [4.78, 5) is 18.8. The molecule has 22 heavy (non-hydrogen) atoms. The van der Waals surface area contributed by atoms with Crippen molar-refractivity contribution in [3.05, 3.63) is 28.7 Å². The van der Waals surface area contributed by atoms with E-state index in [9.17, 15) is 4.79 Å². The summed E-state index contributed by atoms with van der Waals surface area (Å²) < 4.78 is 10.8. The van der Waals surface area contributed by atoms with E-state index in [1.165, 1.54) is 0 Å². The smallest absolute Gasteiger partial charge is 0.259 e. The van der Waals surface area contributed by atoms with Crippen LogP contribution >= 0.6 is 0 Å². The lowest BCUT2D eigenvalue weighted by Gasteiger charge is -2.31. The molecule has 8 heteroatoms. The number of amides is 1. The summed E-state index contributed by atoms with van der Waals surface area (Å²) in [6.45, 7) is 6.92. The molecule has 0 spiro atoms. The molecular weight excluding hydrogens is 286 g/mol. The molecule has 1 N–H and O–H groups in total. The molecule has 0 aliphatic carbocycles. The van der Waals surface area contributed by atoms with Crippen LogP contribution in [0.15, 0.2) is 4.52 Å². The molecule has 2 aromatic rings. The standard InChI is InChI=1S/C14H19N5O3/c1-4-11-15-13(17-16-11)10-7-19(5-6-21-10)14(20)12-8(2)18-22-9(12)3/h10H,4-7H2,1-3H3,(H,15,16,17). The Balaban J connectivity index is 1.77. The lowest BCUT2D eigenvalue weighted by molar-refractivity contribution is -0.0267. The number of morpholine rings is 1. The number of carbonyl (C=O) groups excluding carboxylic acids is 1. The SMILES string of the molecule is CCc1nc(C2CN(C(=O)c3c(C)noc3C)CCO2)n[nH]1. The van der Waals surface area contributed by atoms with Gasteiger partial charge in [-0.1, -0.05) is 12.1 Å². The van der Waals surface area contributed by atoms with Crippen molar-refractivity contribution >= 4 is 5.91 Å². The quantitative estimate of drug-likeness (QED) is 0.914. The van der Waals surface area contributed by atoms with E-state index in [-0.39, 0.29) is 12.0 Å². The zero-order valence-electron chi connectivity index (χ0n) is 12.9. The van der Waals surface area contributed by atoms with Crippen molar-refractivity contribution in [3.8, 4) is 0 Å². The molecule has 0 saturated carbocycles. The molecule has 118 valence electrons. The van der Waals surface area contributed by atoms with E-state index in [0.717, 1.165) is 12.2 Å². The Morgan fingerprint density at radius 2 is 2.27 bits per heavy atom. The lowest BCUT2D eigenvalue weighted by Crippen LogP contribution is -2.42. The number of rotatable bonds is 3. The van der Waals surface area contributed by atoms with E-state index in [2.05, 4.69) is 20.3 Å². The number of hydrogen-bond acceptors (Lipinski definition) is 6. The minimum atomic E-state index is -0.310. The van der Waals surface area contributed by atoms with Gasteiger partial charge in [-0.2, -0.15) is 5.10 Å². The molecule has 8 nitrogen and oxygen atoms in total. The van der Waals surface area contributed by atoms with Crippen LogP contribution in [0.2, 0.25) is 0 Å². The fourth-order valence-corrected chi connectivity index (χ4v) is 2.55. The van der Waals surface area contributed by atoms with Crippen LogP contribution in [0.25, 0.3) is 0 Å². The minimum absolute atomic E-state index is 0.0872. The summed E-state index contributed by atoms with van der Waals surface area (Å²) in [5.74, 6) is 1.85. The van der Waals surface area contributed by atoms with Gasteiger partial charge in [0.15, 0.2) is 5.82 Å². The molecule has 1 unspecified atom stereocenters. The Hall–Kier alpha value is -2.22. The zero-order chi connectivity index (χ0) is 15.7. The lowest BCUT2D eigenvalue weighted by atomic mass is 10.1. The van der Waals surface area contributed by atoms with Crippen molar-refractivity contribution in [2.75, 3.05) is 19.7 Å². The molecule has 0 bridgehead atoms. The van der Waals surface area contributed by atoms with Crippen LogP contribution in [0, 0.1) is 13.8 Å². The third kappa shape index (κ3) is 2.61. The highest BCUT2D eigenvalue weighted by Crippen LogP contribution is 2.22. The van der Waals surface area contributed by atoms with Crippen LogP contribution in [-0.4, -0.2) is 50.8 Å². The Kier molecular flexibility index (Phi) is 3.93. The van der Waals surface area contributed by atoms with Gasteiger partial charge in [0, 0.05) is 13.0 Å². The van der Waals surface area contributed by atoms with E-state index in [1.54, 1.807) is 18.7 Å². The molecule has 1 fully saturated rings. The summed E-state index contributed by atoms with van der Waals surface area (Å²) in [6.07, 6.45) is 0.469. The molecule has 3 heterocycles. The molecule has 1 aliphatic rings. The second kappa shape index (κ2) is 5.88. The third-order valence-corrected chi connectivity index (χ3v) is 3.77. The summed E-state index contributed by atoms with van der Waals surface area (Å²) >= 11 is 0. The van der Waals surface area contributed by atoms with Gasteiger partial charge in [-0.05, 0) is 13.8 Å². The highest BCUT2D eigenvalue weighted by Gasteiger charge is 2.31. The number of aromatic amines is 1. The van der Waals surface area contributed by atoms with Crippen LogP contribution in [-0.2, 0) is 11.2 Å². The van der Waals surface area contributed by atoms with Gasteiger partial charge >= 0.3 is 0 Å². The predicted molar refractivity (Wildman–Crippen MR) is 76.3 cm³/mol. The van der Waals surface area contributed by atoms with Gasteiger partial charge in [-0.3, -0.25) is 9.89 Å². The summed E-state index contributed by atoms with van der Waals surface area (Å²) in [7, 11) is 0.